The molecule has 3 N–H and O–H groups in total. The summed E-state index contributed by atoms with van der Waals surface area (Å²) in [4.78, 5) is 8.52. The summed E-state index contributed by atoms with van der Waals surface area (Å²) in [6.45, 7) is 3.71. The maximum absolute atomic E-state index is 5.34. The fourth-order valence-corrected chi connectivity index (χ4v) is 1.91. The van der Waals surface area contributed by atoms with Crippen LogP contribution in [-0.4, -0.2) is 20.2 Å². The van der Waals surface area contributed by atoms with E-state index < -0.39 is 0 Å². The summed E-state index contributed by atoms with van der Waals surface area (Å²) in [5, 5.41) is 8.80. The second-order valence-electron chi connectivity index (χ2n) is 3.19. The molecule has 0 aliphatic carbocycles. The van der Waals surface area contributed by atoms with Crippen molar-refractivity contribution in [2.75, 3.05) is 5.43 Å². The molecule has 0 unspecified atom stereocenters. The van der Waals surface area contributed by atoms with E-state index in [0.29, 0.717) is 27.8 Å². The molecular weight excluding hydrogens is 240 g/mol. The zero-order chi connectivity index (χ0) is 12.3. The highest BCUT2D eigenvalue weighted by Gasteiger charge is 2.09. The first kappa shape index (κ1) is 11.8. The number of nitrogens with one attached hydrogen (secondary N) is 1. The van der Waals surface area contributed by atoms with Gasteiger partial charge < -0.3 is 9.84 Å². The predicted octanol–water partition coefficient (Wildman–Crippen LogP) is 1.17. The van der Waals surface area contributed by atoms with Crippen LogP contribution in [0.3, 0.4) is 0 Å². The SMILES string of the molecule is CCc1nc(NN)cc(Sc2nnc(C)o2)n1. The van der Waals surface area contributed by atoms with Crippen LogP contribution in [0, 0.1) is 6.92 Å². The van der Waals surface area contributed by atoms with Crippen LogP contribution in [-0.2, 0) is 6.42 Å². The third kappa shape index (κ3) is 2.92. The molecule has 0 aliphatic heterocycles. The maximum atomic E-state index is 5.34. The van der Waals surface area contributed by atoms with Gasteiger partial charge >= 0.3 is 0 Å². The Balaban J connectivity index is 2.25. The maximum Gasteiger partial charge on any atom is 0.282 e. The quantitative estimate of drug-likeness (QED) is 0.475. The molecule has 7 nitrogen and oxygen atoms in total. The highest BCUT2D eigenvalue weighted by molar-refractivity contribution is 7.99. The lowest BCUT2D eigenvalue weighted by atomic mass is 10.4. The second-order valence-corrected chi connectivity index (χ2v) is 4.17. The number of hydrogen-bond donors (Lipinski definition) is 2. The average molecular weight is 252 g/mol. The highest BCUT2D eigenvalue weighted by atomic mass is 32.2. The van der Waals surface area contributed by atoms with Crippen molar-refractivity contribution < 1.29 is 4.42 Å². The molecule has 2 aromatic heterocycles. The van der Waals surface area contributed by atoms with Crippen molar-refractivity contribution in [1.82, 2.24) is 20.2 Å². The highest BCUT2D eigenvalue weighted by Crippen LogP contribution is 2.26. The standard InChI is InChI=1S/C9H12N6OS/c1-3-6-11-7(13-10)4-8(12-6)17-9-15-14-5(2)16-9/h4H,3,10H2,1-2H3,(H,11,12,13). The fourth-order valence-electron chi connectivity index (χ4n) is 1.17. The molecule has 0 bridgehead atoms. The zero-order valence-electron chi connectivity index (χ0n) is 9.47. The number of aromatic nitrogens is 4. The number of aryl methyl sites for hydroxylation is 2. The Morgan fingerprint density at radius 3 is 2.82 bits per heavy atom. The average Bonchev–Trinajstić information content (AvgIpc) is 2.74. The van der Waals surface area contributed by atoms with Crippen LogP contribution in [0.25, 0.3) is 0 Å². The number of nitrogens with two attached hydrogens (primary N) is 1. The van der Waals surface area contributed by atoms with Gasteiger partial charge in [0, 0.05) is 19.4 Å². The minimum atomic E-state index is 0.450. The molecule has 8 heteroatoms. The first-order valence-electron chi connectivity index (χ1n) is 5.03. The van der Waals surface area contributed by atoms with Crippen LogP contribution >= 0.6 is 11.8 Å². The number of hydrazine groups is 1. The molecule has 0 radical (unpaired) electrons. The van der Waals surface area contributed by atoms with Crippen LogP contribution in [0.15, 0.2) is 20.7 Å². The lowest BCUT2D eigenvalue weighted by molar-refractivity contribution is 0.429. The van der Waals surface area contributed by atoms with Crippen molar-refractivity contribution >= 4 is 17.6 Å². The van der Waals surface area contributed by atoms with Crippen molar-refractivity contribution in [3.63, 3.8) is 0 Å². The molecule has 0 saturated carbocycles. The molecule has 17 heavy (non-hydrogen) atoms. The number of rotatable bonds is 4. The Morgan fingerprint density at radius 2 is 2.24 bits per heavy atom. The fraction of sp³-hybridized carbons (Fsp3) is 0.333. The van der Waals surface area contributed by atoms with Gasteiger partial charge in [0.25, 0.3) is 5.22 Å². The first-order valence-corrected chi connectivity index (χ1v) is 5.85. The normalized spacial score (nSPS) is 10.5. The number of anilines is 1. The van der Waals surface area contributed by atoms with Crippen molar-refractivity contribution in [3.05, 3.63) is 17.8 Å². The lowest BCUT2D eigenvalue weighted by Gasteiger charge is -2.04. The summed E-state index contributed by atoms with van der Waals surface area (Å²) in [6, 6.07) is 1.73. The Kier molecular flexibility index (Phi) is 3.55. The van der Waals surface area contributed by atoms with E-state index in [-0.39, 0.29) is 0 Å². The molecule has 90 valence electrons. The molecule has 2 rings (SSSR count). The Labute approximate surface area is 102 Å². The third-order valence-corrected chi connectivity index (χ3v) is 2.67. The van der Waals surface area contributed by atoms with Crippen LogP contribution in [0.5, 0.6) is 0 Å². The summed E-state index contributed by atoms with van der Waals surface area (Å²) >= 11 is 1.28. The van der Waals surface area contributed by atoms with Crippen LogP contribution < -0.4 is 11.3 Å². The number of nitrogens with zero attached hydrogens (tertiary/aromatic N) is 4. The van der Waals surface area contributed by atoms with E-state index in [1.165, 1.54) is 11.8 Å². The lowest BCUT2D eigenvalue weighted by Crippen LogP contribution is -2.10. The minimum absolute atomic E-state index is 0.450. The molecule has 0 atom stereocenters. The van der Waals surface area contributed by atoms with Crippen molar-refractivity contribution in [1.29, 1.82) is 0 Å². The van der Waals surface area contributed by atoms with E-state index >= 15 is 0 Å². The Bertz CT molecular complexity index is 492. The van der Waals surface area contributed by atoms with E-state index in [0.717, 1.165) is 6.42 Å². The van der Waals surface area contributed by atoms with Gasteiger partial charge in [0.2, 0.25) is 5.89 Å². The molecule has 2 aromatic rings. The molecule has 0 aromatic carbocycles. The van der Waals surface area contributed by atoms with Gasteiger partial charge in [-0.05, 0) is 11.8 Å². The van der Waals surface area contributed by atoms with E-state index in [4.69, 9.17) is 10.3 Å². The summed E-state index contributed by atoms with van der Waals surface area (Å²) in [5.74, 6) is 7.13. The second kappa shape index (κ2) is 5.11. The summed E-state index contributed by atoms with van der Waals surface area (Å²) in [5.41, 5.74) is 2.50. The predicted molar refractivity (Wildman–Crippen MR) is 62.4 cm³/mol. The Morgan fingerprint density at radius 1 is 1.41 bits per heavy atom. The number of hydrogen-bond acceptors (Lipinski definition) is 8. The molecule has 0 aliphatic rings. The van der Waals surface area contributed by atoms with Crippen molar-refractivity contribution in [3.8, 4) is 0 Å². The molecule has 0 fully saturated rings. The van der Waals surface area contributed by atoms with Crippen molar-refractivity contribution in [2.24, 2.45) is 5.84 Å². The van der Waals surface area contributed by atoms with Gasteiger partial charge in [-0.3, -0.25) is 0 Å². The molecule has 0 saturated heterocycles. The van der Waals surface area contributed by atoms with E-state index in [1.807, 2.05) is 6.92 Å². The molecule has 0 amide bonds. The summed E-state index contributed by atoms with van der Waals surface area (Å²) in [7, 11) is 0. The number of nitrogen functional groups attached to an aromatic ring is 1. The van der Waals surface area contributed by atoms with Gasteiger partial charge in [0.1, 0.15) is 16.7 Å². The van der Waals surface area contributed by atoms with Gasteiger partial charge in [-0.1, -0.05) is 6.92 Å². The van der Waals surface area contributed by atoms with Crippen LogP contribution in [0.2, 0.25) is 0 Å². The minimum Gasteiger partial charge on any atom is -0.416 e. The largest absolute Gasteiger partial charge is 0.416 e. The van der Waals surface area contributed by atoms with Gasteiger partial charge in [0.15, 0.2) is 0 Å². The van der Waals surface area contributed by atoms with E-state index in [9.17, 15) is 0 Å². The topological polar surface area (TPSA) is 103 Å². The van der Waals surface area contributed by atoms with Crippen molar-refractivity contribution in [2.45, 2.75) is 30.5 Å². The van der Waals surface area contributed by atoms with Gasteiger partial charge in [-0.15, -0.1) is 10.2 Å². The Hall–Kier alpha value is -1.67. The van der Waals surface area contributed by atoms with Gasteiger partial charge in [0.05, 0.1) is 0 Å². The van der Waals surface area contributed by atoms with E-state index in [1.54, 1.807) is 13.0 Å². The zero-order valence-corrected chi connectivity index (χ0v) is 10.3. The first-order chi connectivity index (χ1) is 8.21. The van der Waals surface area contributed by atoms with Crippen LogP contribution in [0.1, 0.15) is 18.6 Å². The summed E-state index contributed by atoms with van der Waals surface area (Å²) in [6.07, 6.45) is 0.728. The third-order valence-electron chi connectivity index (χ3n) is 1.91. The molecule has 0 spiro atoms. The van der Waals surface area contributed by atoms with Crippen LogP contribution in [0.4, 0.5) is 5.82 Å². The smallest absolute Gasteiger partial charge is 0.282 e. The summed E-state index contributed by atoms with van der Waals surface area (Å²) < 4.78 is 5.26. The monoisotopic (exact) mass is 252 g/mol. The molecule has 2 heterocycles. The van der Waals surface area contributed by atoms with Gasteiger partial charge in [-0.25, -0.2) is 15.8 Å². The van der Waals surface area contributed by atoms with Gasteiger partial charge in [-0.2, -0.15) is 0 Å². The molecular formula is C9H12N6OS. The van der Waals surface area contributed by atoms with E-state index in [2.05, 4.69) is 25.6 Å².